The Balaban J connectivity index is 1.98. The number of carbonyl (C=O) groups excluding carboxylic acids is 2. The largest absolute Gasteiger partial charge is 0.465 e. The summed E-state index contributed by atoms with van der Waals surface area (Å²) in [5.74, 6) is 0.0125. The number of carbonyl (C=O) groups is 2. The van der Waals surface area contributed by atoms with Crippen LogP contribution in [0.4, 0.5) is 0 Å². The summed E-state index contributed by atoms with van der Waals surface area (Å²) in [7, 11) is 0. The van der Waals surface area contributed by atoms with Crippen LogP contribution < -0.4 is 0 Å². The molecule has 0 fully saturated rings. The second-order valence-corrected chi connectivity index (χ2v) is 6.51. The molecule has 24 heavy (non-hydrogen) atoms. The summed E-state index contributed by atoms with van der Waals surface area (Å²) in [6, 6.07) is 17.2. The van der Waals surface area contributed by atoms with Gasteiger partial charge in [0.15, 0.2) is 0 Å². The van der Waals surface area contributed by atoms with Crippen molar-refractivity contribution in [2.45, 2.75) is 37.5 Å². The van der Waals surface area contributed by atoms with Crippen molar-refractivity contribution in [1.29, 1.82) is 0 Å². The van der Waals surface area contributed by atoms with Gasteiger partial charge in [-0.05, 0) is 35.9 Å². The van der Waals surface area contributed by atoms with E-state index >= 15 is 0 Å². The number of hydrogen-bond acceptors (Lipinski definition) is 4. The number of thioether (sulfide) groups is 1. The first-order valence-corrected chi connectivity index (χ1v) is 8.98. The highest BCUT2D eigenvalue weighted by atomic mass is 32.2. The van der Waals surface area contributed by atoms with Crippen LogP contribution in [0.5, 0.6) is 0 Å². The maximum Gasteiger partial charge on any atom is 0.305 e. The lowest BCUT2D eigenvalue weighted by atomic mass is 9.97. The lowest BCUT2D eigenvalue weighted by Gasteiger charge is -2.15. The van der Waals surface area contributed by atoms with Crippen molar-refractivity contribution >= 4 is 22.8 Å². The van der Waals surface area contributed by atoms with E-state index in [1.54, 1.807) is 6.92 Å². The Morgan fingerprint density at radius 3 is 2.25 bits per heavy atom. The molecular weight excluding hydrogens is 320 g/mol. The molecule has 0 N–H and O–H groups in total. The molecule has 1 unspecified atom stereocenters. The Morgan fingerprint density at radius 2 is 1.67 bits per heavy atom. The molecular formula is C20H22O3S. The summed E-state index contributed by atoms with van der Waals surface area (Å²) in [6.07, 6.45) is 1.29. The topological polar surface area (TPSA) is 43.4 Å². The van der Waals surface area contributed by atoms with Gasteiger partial charge in [-0.25, -0.2) is 0 Å². The Labute approximate surface area is 147 Å². The van der Waals surface area contributed by atoms with Gasteiger partial charge in [0, 0.05) is 22.8 Å². The molecule has 0 aliphatic carbocycles. The predicted octanol–water partition coefficient (Wildman–Crippen LogP) is 5.07. The van der Waals surface area contributed by atoms with Crippen LogP contribution in [-0.2, 0) is 9.53 Å². The van der Waals surface area contributed by atoms with Crippen LogP contribution in [-0.4, -0.2) is 17.7 Å². The predicted molar refractivity (Wildman–Crippen MR) is 97.4 cm³/mol. The molecule has 3 nitrogen and oxygen atoms in total. The number of rotatable bonds is 7. The summed E-state index contributed by atoms with van der Waals surface area (Å²) in [4.78, 5) is 24.4. The molecule has 0 saturated carbocycles. The molecule has 0 aliphatic rings. The van der Waals surface area contributed by atoms with Crippen LogP contribution in [0, 0.1) is 0 Å². The van der Waals surface area contributed by atoms with Crippen molar-refractivity contribution in [1.82, 2.24) is 0 Å². The molecule has 2 aromatic carbocycles. The number of benzene rings is 2. The van der Waals surface area contributed by atoms with Crippen LogP contribution in [0.3, 0.4) is 0 Å². The molecule has 1 atom stereocenters. The first-order chi connectivity index (χ1) is 11.6. The Bertz CT molecular complexity index is 665. The van der Waals surface area contributed by atoms with Crippen molar-refractivity contribution in [3.8, 4) is 0 Å². The molecule has 0 aliphatic heterocycles. The Morgan fingerprint density at radius 1 is 1.00 bits per heavy atom. The number of esters is 1. The van der Waals surface area contributed by atoms with Crippen molar-refractivity contribution in [3.63, 3.8) is 0 Å². The fraction of sp³-hybridized carbons (Fsp3) is 0.300. The second-order valence-electron chi connectivity index (χ2n) is 5.47. The third-order valence-corrected chi connectivity index (χ3v) is 4.73. The molecule has 4 heteroatoms. The van der Waals surface area contributed by atoms with E-state index in [4.69, 9.17) is 4.74 Å². The highest BCUT2D eigenvalue weighted by Crippen LogP contribution is 2.26. The Hall–Kier alpha value is -2.07. The molecule has 0 heterocycles. The highest BCUT2D eigenvalue weighted by molar-refractivity contribution is 8.14. The zero-order chi connectivity index (χ0) is 17.4. The third-order valence-electron chi connectivity index (χ3n) is 3.80. The van der Waals surface area contributed by atoms with E-state index in [1.807, 2.05) is 54.6 Å². The van der Waals surface area contributed by atoms with Crippen molar-refractivity contribution < 1.29 is 14.3 Å². The van der Waals surface area contributed by atoms with Gasteiger partial charge in [0.1, 0.15) is 0 Å². The SMILES string of the molecule is CCC(=O)OCC(CC)c1ccc(SC(=O)c2ccccc2)cc1. The summed E-state index contributed by atoms with van der Waals surface area (Å²) in [6.45, 7) is 4.27. The van der Waals surface area contributed by atoms with Crippen molar-refractivity contribution in [2.75, 3.05) is 6.61 Å². The van der Waals surface area contributed by atoms with Crippen LogP contribution in [0.2, 0.25) is 0 Å². The van der Waals surface area contributed by atoms with Gasteiger partial charge in [-0.1, -0.05) is 56.3 Å². The van der Waals surface area contributed by atoms with E-state index in [1.165, 1.54) is 11.8 Å². The van der Waals surface area contributed by atoms with Gasteiger partial charge in [0.2, 0.25) is 5.12 Å². The van der Waals surface area contributed by atoms with Gasteiger partial charge in [0.05, 0.1) is 6.61 Å². The minimum absolute atomic E-state index is 0.0345. The summed E-state index contributed by atoms with van der Waals surface area (Å²) < 4.78 is 5.25. The van der Waals surface area contributed by atoms with Gasteiger partial charge in [-0.2, -0.15) is 0 Å². The maximum absolute atomic E-state index is 12.2. The van der Waals surface area contributed by atoms with Crippen LogP contribution in [0.15, 0.2) is 59.5 Å². The first kappa shape index (κ1) is 18.3. The van der Waals surface area contributed by atoms with Gasteiger partial charge >= 0.3 is 5.97 Å². The van der Waals surface area contributed by atoms with E-state index in [-0.39, 0.29) is 17.0 Å². The Kier molecular flexibility index (Phi) is 7.07. The minimum Gasteiger partial charge on any atom is -0.465 e. The van der Waals surface area contributed by atoms with E-state index in [0.717, 1.165) is 16.9 Å². The van der Waals surface area contributed by atoms with Crippen molar-refractivity contribution in [3.05, 3.63) is 65.7 Å². The average Bonchev–Trinajstić information content (AvgIpc) is 2.64. The second kappa shape index (κ2) is 9.28. The fourth-order valence-corrected chi connectivity index (χ4v) is 3.03. The zero-order valence-corrected chi connectivity index (χ0v) is 14.8. The average molecular weight is 342 g/mol. The van der Waals surface area contributed by atoms with E-state index in [0.29, 0.717) is 18.6 Å². The van der Waals surface area contributed by atoms with Crippen LogP contribution >= 0.6 is 11.8 Å². The normalized spacial score (nSPS) is 11.8. The molecule has 126 valence electrons. The monoisotopic (exact) mass is 342 g/mol. The molecule has 0 aromatic heterocycles. The van der Waals surface area contributed by atoms with E-state index in [9.17, 15) is 9.59 Å². The van der Waals surface area contributed by atoms with Crippen LogP contribution in [0.25, 0.3) is 0 Å². The van der Waals surface area contributed by atoms with E-state index in [2.05, 4.69) is 6.92 Å². The van der Waals surface area contributed by atoms with Gasteiger partial charge in [-0.15, -0.1) is 0 Å². The lowest BCUT2D eigenvalue weighted by Crippen LogP contribution is -2.11. The summed E-state index contributed by atoms with van der Waals surface area (Å²) in [5.41, 5.74) is 1.82. The van der Waals surface area contributed by atoms with Gasteiger partial charge < -0.3 is 4.74 Å². The maximum atomic E-state index is 12.2. The van der Waals surface area contributed by atoms with Gasteiger partial charge in [0.25, 0.3) is 0 Å². The summed E-state index contributed by atoms with van der Waals surface area (Å²) >= 11 is 1.22. The van der Waals surface area contributed by atoms with Crippen molar-refractivity contribution in [2.24, 2.45) is 0 Å². The molecule has 0 spiro atoms. The zero-order valence-electron chi connectivity index (χ0n) is 14.0. The number of ether oxygens (including phenoxy) is 1. The first-order valence-electron chi connectivity index (χ1n) is 8.16. The third kappa shape index (κ3) is 5.24. The molecule has 2 aromatic rings. The minimum atomic E-state index is -0.172. The van der Waals surface area contributed by atoms with Crippen LogP contribution in [0.1, 0.15) is 48.5 Å². The quantitative estimate of drug-likeness (QED) is 0.521. The van der Waals surface area contributed by atoms with Gasteiger partial charge in [-0.3, -0.25) is 9.59 Å². The highest BCUT2D eigenvalue weighted by Gasteiger charge is 2.13. The molecule has 0 radical (unpaired) electrons. The molecule has 2 rings (SSSR count). The molecule has 0 saturated heterocycles. The summed E-state index contributed by atoms with van der Waals surface area (Å²) in [5, 5.41) is 0.0345. The smallest absolute Gasteiger partial charge is 0.305 e. The standard InChI is InChI=1S/C20H22O3S/c1-3-15(14-23-19(21)4-2)16-10-12-18(13-11-16)24-20(22)17-8-6-5-7-9-17/h5-13,15H,3-4,14H2,1-2H3. The number of hydrogen-bond donors (Lipinski definition) is 0. The molecule has 0 bridgehead atoms. The lowest BCUT2D eigenvalue weighted by molar-refractivity contribution is -0.143. The fourth-order valence-electron chi connectivity index (χ4n) is 2.29. The van der Waals surface area contributed by atoms with E-state index < -0.39 is 0 Å². The molecule has 0 amide bonds.